The summed E-state index contributed by atoms with van der Waals surface area (Å²) in [5.74, 6) is -1.23. The molecule has 0 aliphatic carbocycles. The van der Waals surface area contributed by atoms with Crippen molar-refractivity contribution in [1.29, 1.82) is 0 Å². The van der Waals surface area contributed by atoms with Crippen LogP contribution in [0.1, 0.15) is 16.1 Å². The van der Waals surface area contributed by atoms with Crippen LogP contribution in [0.25, 0.3) is 21.3 Å². The van der Waals surface area contributed by atoms with Gasteiger partial charge in [0, 0.05) is 17.8 Å². The number of nitrogens with one attached hydrogen (secondary N) is 2. The third-order valence-corrected chi connectivity index (χ3v) is 5.72. The minimum Gasteiger partial charge on any atom is -0.298 e. The molecule has 2 aromatic carbocycles. The summed E-state index contributed by atoms with van der Waals surface area (Å²) < 4.78 is 14.4. The van der Waals surface area contributed by atoms with Crippen molar-refractivity contribution in [2.75, 3.05) is 0 Å². The molecule has 0 bridgehead atoms. The van der Waals surface area contributed by atoms with Crippen LogP contribution in [-0.2, 0) is 11.3 Å². The summed E-state index contributed by atoms with van der Waals surface area (Å²) in [6.45, 7) is 0.131. The summed E-state index contributed by atoms with van der Waals surface area (Å²) in [5, 5.41) is 0.480. The van der Waals surface area contributed by atoms with Crippen LogP contribution in [0.15, 0.2) is 71.8 Å². The highest BCUT2D eigenvalue weighted by Crippen LogP contribution is 2.28. The van der Waals surface area contributed by atoms with Crippen molar-refractivity contribution >= 4 is 34.1 Å². The SMILES string of the molecule is O=C(CCn1cnc2ccccc2c1=O)NNC(=O)c1ccc(-c2ccc(F)cc2)s1. The molecule has 31 heavy (non-hydrogen) atoms. The van der Waals surface area contributed by atoms with Gasteiger partial charge in [0.2, 0.25) is 5.91 Å². The Morgan fingerprint density at radius 3 is 2.58 bits per heavy atom. The zero-order valence-corrected chi connectivity index (χ0v) is 17.0. The van der Waals surface area contributed by atoms with Crippen LogP contribution in [0.2, 0.25) is 0 Å². The average molecular weight is 436 g/mol. The molecule has 7 nitrogen and oxygen atoms in total. The van der Waals surface area contributed by atoms with Gasteiger partial charge in [-0.15, -0.1) is 11.3 Å². The number of carbonyl (C=O) groups is 2. The Morgan fingerprint density at radius 2 is 1.77 bits per heavy atom. The van der Waals surface area contributed by atoms with Crippen LogP contribution in [0, 0.1) is 5.82 Å². The second kappa shape index (κ2) is 8.88. The van der Waals surface area contributed by atoms with Gasteiger partial charge < -0.3 is 0 Å². The Hall–Kier alpha value is -3.85. The van der Waals surface area contributed by atoms with E-state index in [1.807, 2.05) is 0 Å². The first kappa shape index (κ1) is 20.4. The number of fused-ring (bicyclic) bond motifs is 1. The molecule has 2 heterocycles. The van der Waals surface area contributed by atoms with Gasteiger partial charge in [0.1, 0.15) is 5.82 Å². The minimum absolute atomic E-state index is 0.00846. The number of hydrogen-bond acceptors (Lipinski definition) is 5. The lowest BCUT2D eigenvalue weighted by molar-refractivity contribution is -0.122. The third-order valence-electron chi connectivity index (χ3n) is 4.59. The van der Waals surface area contributed by atoms with E-state index in [1.54, 1.807) is 48.5 Å². The molecule has 0 aliphatic heterocycles. The molecule has 0 fully saturated rings. The zero-order chi connectivity index (χ0) is 21.8. The Labute approximate surface area is 180 Å². The van der Waals surface area contributed by atoms with Crippen molar-refractivity contribution in [2.45, 2.75) is 13.0 Å². The van der Waals surface area contributed by atoms with Crippen LogP contribution in [0.4, 0.5) is 4.39 Å². The molecular formula is C22H17FN4O3S. The van der Waals surface area contributed by atoms with Crippen molar-refractivity contribution in [3.05, 3.63) is 88.0 Å². The second-order valence-corrected chi connectivity index (χ2v) is 7.77. The molecule has 9 heteroatoms. The Bertz CT molecular complexity index is 1310. The maximum atomic E-state index is 13.1. The largest absolute Gasteiger partial charge is 0.298 e. The van der Waals surface area contributed by atoms with Crippen LogP contribution in [-0.4, -0.2) is 21.4 Å². The lowest BCUT2D eigenvalue weighted by Crippen LogP contribution is -2.41. The van der Waals surface area contributed by atoms with Gasteiger partial charge >= 0.3 is 0 Å². The molecule has 0 saturated carbocycles. The minimum atomic E-state index is -0.462. The van der Waals surface area contributed by atoms with E-state index >= 15 is 0 Å². The second-order valence-electron chi connectivity index (χ2n) is 6.68. The number of benzene rings is 2. The van der Waals surface area contributed by atoms with Crippen LogP contribution in [0.3, 0.4) is 0 Å². The highest BCUT2D eigenvalue weighted by atomic mass is 32.1. The predicted molar refractivity (Wildman–Crippen MR) is 116 cm³/mol. The number of nitrogens with zero attached hydrogens (tertiary/aromatic N) is 2. The van der Waals surface area contributed by atoms with E-state index in [1.165, 1.54) is 34.4 Å². The summed E-state index contributed by atoms with van der Waals surface area (Å²) in [5.41, 5.74) is 5.87. The average Bonchev–Trinajstić information content (AvgIpc) is 3.28. The number of aryl methyl sites for hydroxylation is 1. The van der Waals surface area contributed by atoms with Gasteiger partial charge in [0.25, 0.3) is 11.5 Å². The molecule has 0 unspecified atom stereocenters. The van der Waals surface area contributed by atoms with E-state index in [0.717, 1.165) is 10.4 Å². The fraction of sp³-hybridized carbons (Fsp3) is 0.0909. The Kier molecular flexibility index (Phi) is 5.85. The van der Waals surface area contributed by atoms with Gasteiger partial charge in [-0.05, 0) is 42.0 Å². The number of carbonyl (C=O) groups excluding carboxylic acids is 2. The summed E-state index contributed by atoms with van der Waals surface area (Å²) >= 11 is 1.23. The van der Waals surface area contributed by atoms with Crippen molar-refractivity contribution in [2.24, 2.45) is 0 Å². The molecule has 0 spiro atoms. The van der Waals surface area contributed by atoms with E-state index in [-0.39, 0.29) is 24.3 Å². The molecule has 4 aromatic rings. The maximum Gasteiger partial charge on any atom is 0.279 e. The third kappa shape index (κ3) is 4.67. The number of amides is 2. The molecule has 2 amide bonds. The number of halogens is 1. The number of hydrogen-bond donors (Lipinski definition) is 2. The zero-order valence-electron chi connectivity index (χ0n) is 16.2. The van der Waals surface area contributed by atoms with Crippen molar-refractivity contribution in [3.63, 3.8) is 0 Å². The summed E-state index contributed by atoms with van der Waals surface area (Å²) in [4.78, 5) is 42.2. The van der Waals surface area contributed by atoms with E-state index in [0.29, 0.717) is 15.8 Å². The first-order valence-electron chi connectivity index (χ1n) is 9.40. The molecule has 2 N–H and O–H groups in total. The number of hydrazine groups is 1. The maximum absolute atomic E-state index is 13.1. The number of para-hydroxylation sites is 1. The molecule has 4 rings (SSSR count). The van der Waals surface area contributed by atoms with Gasteiger partial charge in [-0.1, -0.05) is 24.3 Å². The lowest BCUT2D eigenvalue weighted by atomic mass is 10.2. The van der Waals surface area contributed by atoms with Gasteiger partial charge in [0.05, 0.1) is 22.1 Å². The molecule has 0 atom stereocenters. The number of rotatable bonds is 5. The fourth-order valence-electron chi connectivity index (χ4n) is 2.97. The highest BCUT2D eigenvalue weighted by molar-refractivity contribution is 7.17. The van der Waals surface area contributed by atoms with Gasteiger partial charge in [-0.25, -0.2) is 9.37 Å². The molecule has 2 aromatic heterocycles. The van der Waals surface area contributed by atoms with Gasteiger partial charge in [-0.2, -0.15) is 0 Å². The lowest BCUT2D eigenvalue weighted by Gasteiger charge is -2.08. The first-order valence-corrected chi connectivity index (χ1v) is 10.2. The number of thiophene rings is 1. The summed E-state index contributed by atoms with van der Waals surface area (Å²) in [6, 6.07) is 16.3. The van der Waals surface area contributed by atoms with Crippen molar-refractivity contribution in [1.82, 2.24) is 20.4 Å². The van der Waals surface area contributed by atoms with E-state index in [4.69, 9.17) is 0 Å². The number of aromatic nitrogens is 2. The first-order chi connectivity index (χ1) is 15.0. The molecule has 0 saturated heterocycles. The van der Waals surface area contributed by atoms with Gasteiger partial charge in [0.15, 0.2) is 0 Å². The van der Waals surface area contributed by atoms with E-state index in [9.17, 15) is 18.8 Å². The monoisotopic (exact) mass is 436 g/mol. The fourth-order valence-corrected chi connectivity index (χ4v) is 3.87. The smallest absolute Gasteiger partial charge is 0.279 e. The molecular weight excluding hydrogens is 419 g/mol. The quantitative estimate of drug-likeness (QED) is 0.470. The normalized spacial score (nSPS) is 10.7. The van der Waals surface area contributed by atoms with Crippen molar-refractivity contribution in [3.8, 4) is 10.4 Å². The molecule has 156 valence electrons. The topological polar surface area (TPSA) is 93.1 Å². The van der Waals surface area contributed by atoms with Gasteiger partial charge in [-0.3, -0.25) is 29.8 Å². The highest BCUT2D eigenvalue weighted by Gasteiger charge is 2.12. The van der Waals surface area contributed by atoms with Crippen LogP contribution < -0.4 is 16.4 Å². The Balaban J connectivity index is 1.32. The van der Waals surface area contributed by atoms with Crippen molar-refractivity contribution < 1.29 is 14.0 Å². The summed E-state index contributed by atoms with van der Waals surface area (Å²) in [7, 11) is 0. The van der Waals surface area contributed by atoms with Crippen LogP contribution >= 0.6 is 11.3 Å². The predicted octanol–water partition coefficient (Wildman–Crippen LogP) is 3.12. The van der Waals surface area contributed by atoms with E-state index < -0.39 is 11.8 Å². The van der Waals surface area contributed by atoms with E-state index in [2.05, 4.69) is 15.8 Å². The Morgan fingerprint density at radius 1 is 1.00 bits per heavy atom. The molecule has 0 aliphatic rings. The van der Waals surface area contributed by atoms with Crippen LogP contribution in [0.5, 0.6) is 0 Å². The molecule has 0 radical (unpaired) electrons. The summed E-state index contributed by atoms with van der Waals surface area (Å²) in [6.07, 6.45) is 1.39. The standard InChI is InChI=1S/C22H17FN4O3S/c23-15-7-5-14(6-8-15)18-9-10-19(31-18)21(29)26-25-20(28)11-12-27-13-24-17-4-2-1-3-16(17)22(27)30/h1-10,13H,11-12H2,(H,25,28)(H,26,29).